The molecule has 0 spiro atoms. The molecule has 0 atom stereocenters. The fourth-order valence-corrected chi connectivity index (χ4v) is 2.53. The Morgan fingerprint density at radius 3 is 2.83 bits per heavy atom. The zero-order chi connectivity index (χ0) is 12.6. The average molecular weight is 263 g/mol. The molecule has 1 aromatic rings. The molecule has 98 valence electrons. The van der Waals surface area contributed by atoms with Crippen LogP contribution < -0.4 is 10.6 Å². The van der Waals surface area contributed by atoms with E-state index in [4.69, 9.17) is 12.2 Å². The second kappa shape index (κ2) is 7.31. The van der Waals surface area contributed by atoms with Gasteiger partial charge in [-0.2, -0.15) is 0 Å². The molecule has 1 fully saturated rings. The van der Waals surface area contributed by atoms with Crippen LogP contribution in [0, 0.1) is 5.92 Å². The Balaban J connectivity index is 1.63. The summed E-state index contributed by atoms with van der Waals surface area (Å²) in [6, 6.07) is 3.99. The van der Waals surface area contributed by atoms with E-state index in [2.05, 4.69) is 15.6 Å². The number of pyridine rings is 1. The molecule has 0 radical (unpaired) electrons. The Morgan fingerprint density at radius 1 is 1.28 bits per heavy atom. The topological polar surface area (TPSA) is 37.0 Å². The fraction of sp³-hybridized carbons (Fsp3) is 0.571. The fourth-order valence-electron chi connectivity index (χ4n) is 2.38. The number of hydrogen-bond acceptors (Lipinski definition) is 2. The second-order valence-corrected chi connectivity index (χ2v) is 5.34. The molecule has 0 aliphatic heterocycles. The van der Waals surface area contributed by atoms with Gasteiger partial charge in [-0.15, -0.1) is 0 Å². The summed E-state index contributed by atoms with van der Waals surface area (Å²) in [4.78, 5) is 4.08. The molecule has 1 saturated carbocycles. The van der Waals surface area contributed by atoms with Gasteiger partial charge in [0.2, 0.25) is 0 Å². The molecule has 1 aromatic heterocycles. The largest absolute Gasteiger partial charge is 0.362 e. The van der Waals surface area contributed by atoms with E-state index in [9.17, 15) is 0 Å². The number of thiocarbonyl (C=S) groups is 1. The van der Waals surface area contributed by atoms with Gasteiger partial charge in [0.05, 0.1) is 0 Å². The van der Waals surface area contributed by atoms with Crippen molar-refractivity contribution in [2.75, 3.05) is 6.54 Å². The summed E-state index contributed by atoms with van der Waals surface area (Å²) in [7, 11) is 0. The lowest BCUT2D eigenvalue weighted by Crippen LogP contribution is -2.38. The van der Waals surface area contributed by atoms with Crippen molar-refractivity contribution in [3.05, 3.63) is 30.1 Å². The second-order valence-electron chi connectivity index (χ2n) is 4.93. The normalized spacial score (nSPS) is 16.2. The smallest absolute Gasteiger partial charge is 0.166 e. The van der Waals surface area contributed by atoms with Crippen molar-refractivity contribution < 1.29 is 0 Å². The molecule has 1 aliphatic carbocycles. The van der Waals surface area contributed by atoms with Crippen LogP contribution in [0.15, 0.2) is 24.5 Å². The van der Waals surface area contributed by atoms with Gasteiger partial charge in [-0.1, -0.05) is 25.3 Å². The van der Waals surface area contributed by atoms with Gasteiger partial charge in [0.25, 0.3) is 0 Å². The SMILES string of the molecule is S=C(NCc1cccnc1)NCC1CCCCC1. The first-order chi connectivity index (χ1) is 8.84. The minimum absolute atomic E-state index is 0.740. The van der Waals surface area contributed by atoms with Gasteiger partial charge < -0.3 is 10.6 Å². The van der Waals surface area contributed by atoms with Crippen molar-refractivity contribution in [3.8, 4) is 0 Å². The van der Waals surface area contributed by atoms with Gasteiger partial charge in [-0.3, -0.25) is 4.98 Å². The van der Waals surface area contributed by atoms with Crippen LogP contribution in [0.3, 0.4) is 0 Å². The van der Waals surface area contributed by atoms with Crippen LogP contribution in [-0.2, 0) is 6.54 Å². The average Bonchev–Trinajstić information content (AvgIpc) is 2.45. The highest BCUT2D eigenvalue weighted by Crippen LogP contribution is 2.22. The standard InChI is InChI=1S/C14H21N3S/c18-14(16-10-12-5-2-1-3-6-12)17-11-13-7-4-8-15-9-13/h4,7-9,12H,1-3,5-6,10-11H2,(H2,16,17,18). The molecule has 1 heterocycles. The van der Waals surface area contributed by atoms with Crippen molar-refractivity contribution >= 4 is 17.3 Å². The molecule has 1 aliphatic rings. The molecule has 0 amide bonds. The van der Waals surface area contributed by atoms with Crippen LogP contribution in [0.4, 0.5) is 0 Å². The summed E-state index contributed by atoms with van der Waals surface area (Å²) in [5.41, 5.74) is 1.15. The van der Waals surface area contributed by atoms with E-state index in [1.165, 1.54) is 32.1 Å². The molecular formula is C14H21N3S. The van der Waals surface area contributed by atoms with Crippen molar-refractivity contribution in [2.45, 2.75) is 38.6 Å². The van der Waals surface area contributed by atoms with E-state index >= 15 is 0 Å². The molecule has 3 nitrogen and oxygen atoms in total. The first-order valence-corrected chi connectivity index (χ1v) is 7.16. The Labute approximate surface area is 114 Å². The number of nitrogens with zero attached hydrogens (tertiary/aromatic N) is 1. The van der Waals surface area contributed by atoms with Crippen molar-refractivity contribution in [3.63, 3.8) is 0 Å². The van der Waals surface area contributed by atoms with E-state index in [-0.39, 0.29) is 0 Å². The lowest BCUT2D eigenvalue weighted by Gasteiger charge is -2.22. The van der Waals surface area contributed by atoms with Crippen LogP contribution in [0.25, 0.3) is 0 Å². The summed E-state index contributed by atoms with van der Waals surface area (Å²) in [6.45, 7) is 1.75. The van der Waals surface area contributed by atoms with Crippen LogP contribution >= 0.6 is 12.2 Å². The highest BCUT2D eigenvalue weighted by molar-refractivity contribution is 7.80. The lowest BCUT2D eigenvalue weighted by atomic mass is 9.89. The quantitative estimate of drug-likeness (QED) is 0.819. The monoisotopic (exact) mass is 263 g/mol. The molecule has 0 bridgehead atoms. The Morgan fingerprint density at radius 2 is 2.11 bits per heavy atom. The number of rotatable bonds is 4. The molecule has 0 saturated heterocycles. The summed E-state index contributed by atoms with van der Waals surface area (Å²) >= 11 is 5.28. The van der Waals surface area contributed by atoms with Crippen molar-refractivity contribution in [2.24, 2.45) is 5.92 Å². The van der Waals surface area contributed by atoms with E-state index < -0.39 is 0 Å². The Kier molecular flexibility index (Phi) is 5.39. The minimum atomic E-state index is 0.740. The minimum Gasteiger partial charge on any atom is -0.362 e. The predicted molar refractivity (Wildman–Crippen MR) is 78.3 cm³/mol. The maximum atomic E-state index is 5.28. The predicted octanol–water partition coefficient (Wildman–Crippen LogP) is 2.63. The molecular weight excluding hydrogens is 242 g/mol. The van der Waals surface area contributed by atoms with Gasteiger partial charge in [0.15, 0.2) is 5.11 Å². The van der Waals surface area contributed by atoms with Crippen molar-refractivity contribution in [1.82, 2.24) is 15.6 Å². The molecule has 0 unspecified atom stereocenters. The number of hydrogen-bond donors (Lipinski definition) is 2. The third-order valence-electron chi connectivity index (χ3n) is 3.45. The zero-order valence-electron chi connectivity index (χ0n) is 10.7. The van der Waals surface area contributed by atoms with Crippen LogP contribution in [0.2, 0.25) is 0 Å². The van der Waals surface area contributed by atoms with Crippen LogP contribution in [0.1, 0.15) is 37.7 Å². The highest BCUT2D eigenvalue weighted by Gasteiger charge is 2.13. The first-order valence-electron chi connectivity index (χ1n) is 6.75. The van der Waals surface area contributed by atoms with E-state index in [0.29, 0.717) is 0 Å². The van der Waals surface area contributed by atoms with Gasteiger partial charge >= 0.3 is 0 Å². The van der Waals surface area contributed by atoms with E-state index in [0.717, 1.165) is 29.7 Å². The molecule has 2 rings (SSSR count). The van der Waals surface area contributed by atoms with Crippen LogP contribution in [0.5, 0.6) is 0 Å². The van der Waals surface area contributed by atoms with Gasteiger partial charge in [-0.05, 0) is 42.6 Å². The van der Waals surface area contributed by atoms with Gasteiger partial charge in [-0.25, -0.2) is 0 Å². The molecule has 0 aromatic carbocycles. The maximum Gasteiger partial charge on any atom is 0.166 e. The molecule has 18 heavy (non-hydrogen) atoms. The van der Waals surface area contributed by atoms with Crippen LogP contribution in [-0.4, -0.2) is 16.6 Å². The molecule has 2 N–H and O–H groups in total. The summed E-state index contributed by atoms with van der Waals surface area (Å²) < 4.78 is 0. The Hall–Kier alpha value is -1.16. The maximum absolute atomic E-state index is 5.28. The third-order valence-corrected chi connectivity index (χ3v) is 3.74. The highest BCUT2D eigenvalue weighted by atomic mass is 32.1. The number of nitrogens with one attached hydrogen (secondary N) is 2. The summed E-state index contributed by atoms with van der Waals surface area (Å²) in [5.74, 6) is 0.803. The molecule has 4 heteroatoms. The third kappa shape index (κ3) is 4.61. The summed E-state index contributed by atoms with van der Waals surface area (Å²) in [6.07, 6.45) is 10.5. The zero-order valence-corrected chi connectivity index (χ0v) is 11.5. The van der Waals surface area contributed by atoms with Gasteiger partial charge in [0.1, 0.15) is 0 Å². The van der Waals surface area contributed by atoms with Crippen molar-refractivity contribution in [1.29, 1.82) is 0 Å². The van der Waals surface area contributed by atoms with E-state index in [1.54, 1.807) is 6.20 Å². The number of aromatic nitrogens is 1. The summed E-state index contributed by atoms with van der Waals surface area (Å²) in [5, 5.41) is 7.30. The Bertz CT molecular complexity index is 361. The van der Waals surface area contributed by atoms with Gasteiger partial charge in [0, 0.05) is 25.5 Å². The van der Waals surface area contributed by atoms with E-state index in [1.807, 2.05) is 18.3 Å². The first kappa shape index (κ1) is 13.3. The lowest BCUT2D eigenvalue weighted by molar-refractivity contribution is 0.356.